The maximum Gasteiger partial charge on any atom is 0.247 e. The Kier molecular flexibility index (Phi) is 7.72. The molecule has 0 atom stereocenters. The number of methoxy groups -OCH3 is 1. The standard InChI is InChI=1S/C23H24N4O4S2/c1-5-22(28)25-17-7-9-18(10-8-17)32-23-15(2)14-24-21(26-23)13-16-6-11-19(20(12-16)31-3)27-33(4,29)30/h5-12,14,27H,1,13H2,2-4H3,(H,25,28). The number of rotatable bonds is 9. The predicted octanol–water partition coefficient (Wildman–Crippen LogP) is 4.03. The normalized spacial score (nSPS) is 11.0. The van der Waals surface area contributed by atoms with Crippen molar-refractivity contribution in [3.8, 4) is 5.75 Å². The van der Waals surface area contributed by atoms with Crippen LogP contribution in [0.5, 0.6) is 5.75 Å². The summed E-state index contributed by atoms with van der Waals surface area (Å²) < 4.78 is 30.8. The van der Waals surface area contributed by atoms with Crippen molar-refractivity contribution < 1.29 is 17.9 Å². The van der Waals surface area contributed by atoms with Gasteiger partial charge < -0.3 is 10.1 Å². The average molecular weight is 485 g/mol. The summed E-state index contributed by atoms with van der Waals surface area (Å²) in [5.74, 6) is 0.788. The van der Waals surface area contributed by atoms with Crippen molar-refractivity contribution in [2.24, 2.45) is 0 Å². The van der Waals surface area contributed by atoms with Gasteiger partial charge in [-0.3, -0.25) is 9.52 Å². The molecule has 0 radical (unpaired) electrons. The Balaban J connectivity index is 1.76. The fourth-order valence-electron chi connectivity index (χ4n) is 2.87. The van der Waals surface area contributed by atoms with Gasteiger partial charge in [0.2, 0.25) is 15.9 Å². The van der Waals surface area contributed by atoms with Gasteiger partial charge in [0.15, 0.2) is 0 Å². The van der Waals surface area contributed by atoms with Gasteiger partial charge in [0.25, 0.3) is 0 Å². The highest BCUT2D eigenvalue weighted by atomic mass is 32.2. The molecular formula is C23H24N4O4S2. The summed E-state index contributed by atoms with van der Waals surface area (Å²) in [5.41, 5.74) is 2.88. The highest BCUT2D eigenvalue weighted by molar-refractivity contribution is 7.99. The SMILES string of the molecule is C=CC(=O)Nc1ccc(Sc2nc(Cc3ccc(NS(C)(=O)=O)c(OC)c3)ncc2C)cc1. The molecule has 33 heavy (non-hydrogen) atoms. The largest absolute Gasteiger partial charge is 0.495 e. The monoisotopic (exact) mass is 484 g/mol. The molecule has 1 heterocycles. The summed E-state index contributed by atoms with van der Waals surface area (Å²) >= 11 is 1.50. The van der Waals surface area contributed by atoms with Crippen LogP contribution in [0.4, 0.5) is 11.4 Å². The Bertz CT molecular complexity index is 1280. The zero-order chi connectivity index (χ0) is 24.0. The lowest BCUT2D eigenvalue weighted by Gasteiger charge is -2.12. The number of amides is 1. The number of anilines is 2. The van der Waals surface area contributed by atoms with E-state index in [9.17, 15) is 13.2 Å². The fourth-order valence-corrected chi connectivity index (χ4v) is 4.30. The molecule has 0 bridgehead atoms. The summed E-state index contributed by atoms with van der Waals surface area (Å²) in [5, 5.41) is 3.54. The highest BCUT2D eigenvalue weighted by Crippen LogP contribution is 2.30. The molecule has 0 aliphatic carbocycles. The molecule has 8 nitrogen and oxygen atoms in total. The van der Waals surface area contributed by atoms with Crippen LogP contribution in [0.2, 0.25) is 0 Å². The van der Waals surface area contributed by atoms with Gasteiger partial charge >= 0.3 is 0 Å². The first-order valence-electron chi connectivity index (χ1n) is 9.85. The molecule has 1 aromatic heterocycles. The van der Waals surface area contributed by atoms with Crippen LogP contribution in [0.15, 0.2) is 71.2 Å². The minimum atomic E-state index is -3.41. The summed E-state index contributed by atoms with van der Waals surface area (Å²) in [6.45, 7) is 5.39. The van der Waals surface area contributed by atoms with Gasteiger partial charge in [-0.1, -0.05) is 24.4 Å². The Morgan fingerprint density at radius 1 is 1.21 bits per heavy atom. The van der Waals surface area contributed by atoms with Gasteiger partial charge in [-0.25, -0.2) is 18.4 Å². The van der Waals surface area contributed by atoms with Gasteiger partial charge in [-0.2, -0.15) is 0 Å². The third-order valence-corrected chi connectivity index (χ3v) is 6.13. The third kappa shape index (κ3) is 7.06. The van der Waals surface area contributed by atoms with Crippen LogP contribution in [0.3, 0.4) is 0 Å². The van der Waals surface area contributed by atoms with E-state index in [-0.39, 0.29) is 5.91 Å². The van der Waals surface area contributed by atoms with E-state index in [0.29, 0.717) is 29.4 Å². The molecule has 0 aliphatic heterocycles. The van der Waals surface area contributed by atoms with E-state index in [0.717, 1.165) is 27.3 Å². The van der Waals surface area contributed by atoms with E-state index < -0.39 is 10.0 Å². The Morgan fingerprint density at radius 3 is 2.58 bits per heavy atom. The van der Waals surface area contributed by atoms with Gasteiger partial charge in [0.05, 0.1) is 19.1 Å². The lowest BCUT2D eigenvalue weighted by atomic mass is 10.1. The number of sulfonamides is 1. The van der Waals surface area contributed by atoms with E-state index in [2.05, 4.69) is 21.6 Å². The minimum absolute atomic E-state index is 0.261. The quantitative estimate of drug-likeness (QED) is 0.348. The number of nitrogens with zero attached hydrogens (tertiary/aromatic N) is 2. The van der Waals surface area contributed by atoms with Gasteiger partial charge in [-0.15, -0.1) is 0 Å². The molecule has 0 fully saturated rings. The van der Waals surface area contributed by atoms with Crippen molar-refractivity contribution in [2.75, 3.05) is 23.4 Å². The molecular weight excluding hydrogens is 460 g/mol. The number of carbonyl (C=O) groups is 1. The van der Waals surface area contributed by atoms with E-state index in [1.807, 2.05) is 37.3 Å². The van der Waals surface area contributed by atoms with Crippen molar-refractivity contribution in [3.63, 3.8) is 0 Å². The molecule has 172 valence electrons. The van der Waals surface area contributed by atoms with Gasteiger partial charge in [-0.05, 0) is 60.5 Å². The summed E-state index contributed by atoms with van der Waals surface area (Å²) in [4.78, 5) is 21.5. The smallest absolute Gasteiger partial charge is 0.247 e. The van der Waals surface area contributed by atoms with E-state index in [1.54, 1.807) is 18.3 Å². The lowest BCUT2D eigenvalue weighted by Crippen LogP contribution is -2.10. The van der Waals surface area contributed by atoms with Crippen molar-refractivity contribution >= 4 is 39.1 Å². The van der Waals surface area contributed by atoms with Crippen molar-refractivity contribution in [3.05, 3.63) is 78.3 Å². The Morgan fingerprint density at radius 2 is 1.94 bits per heavy atom. The first-order chi connectivity index (χ1) is 15.7. The summed E-state index contributed by atoms with van der Waals surface area (Å²) in [7, 11) is -1.93. The van der Waals surface area contributed by atoms with E-state index >= 15 is 0 Å². The van der Waals surface area contributed by atoms with Gasteiger partial charge in [0, 0.05) is 23.2 Å². The number of nitrogens with one attached hydrogen (secondary N) is 2. The number of benzene rings is 2. The number of aromatic nitrogens is 2. The Labute approximate surface area is 197 Å². The zero-order valence-corrected chi connectivity index (χ0v) is 20.1. The van der Waals surface area contributed by atoms with Crippen LogP contribution >= 0.6 is 11.8 Å². The first-order valence-corrected chi connectivity index (χ1v) is 12.6. The molecule has 3 aromatic rings. The molecule has 0 unspecified atom stereocenters. The number of hydrogen-bond acceptors (Lipinski definition) is 7. The highest BCUT2D eigenvalue weighted by Gasteiger charge is 2.12. The Hall–Kier alpha value is -3.37. The molecule has 1 amide bonds. The predicted molar refractivity (Wildman–Crippen MR) is 130 cm³/mol. The number of hydrogen-bond donors (Lipinski definition) is 2. The van der Waals surface area contributed by atoms with Crippen molar-refractivity contribution in [1.82, 2.24) is 9.97 Å². The van der Waals surface area contributed by atoms with Crippen molar-refractivity contribution in [1.29, 1.82) is 0 Å². The van der Waals surface area contributed by atoms with Crippen LogP contribution in [-0.4, -0.2) is 37.7 Å². The number of carbonyl (C=O) groups excluding carboxylic acids is 1. The zero-order valence-electron chi connectivity index (χ0n) is 18.5. The van der Waals surface area contributed by atoms with E-state index in [4.69, 9.17) is 9.72 Å². The third-order valence-electron chi connectivity index (χ3n) is 4.42. The maximum atomic E-state index is 11.5. The minimum Gasteiger partial charge on any atom is -0.495 e. The second kappa shape index (κ2) is 10.5. The van der Waals surface area contributed by atoms with Crippen LogP contribution < -0.4 is 14.8 Å². The second-order valence-electron chi connectivity index (χ2n) is 7.18. The molecule has 2 aromatic carbocycles. The number of ether oxygens (including phenoxy) is 1. The number of aryl methyl sites for hydroxylation is 1. The molecule has 0 saturated heterocycles. The van der Waals surface area contributed by atoms with E-state index in [1.165, 1.54) is 24.9 Å². The van der Waals surface area contributed by atoms with Crippen LogP contribution in [0.25, 0.3) is 0 Å². The summed E-state index contributed by atoms with van der Waals surface area (Å²) in [6.07, 6.45) is 4.54. The van der Waals surface area contributed by atoms with Crippen LogP contribution in [0, 0.1) is 6.92 Å². The maximum absolute atomic E-state index is 11.5. The lowest BCUT2D eigenvalue weighted by molar-refractivity contribution is -0.111. The average Bonchev–Trinajstić information content (AvgIpc) is 2.77. The first kappa shape index (κ1) is 24.3. The molecule has 3 rings (SSSR count). The fraction of sp³-hybridized carbons (Fsp3) is 0.174. The molecule has 2 N–H and O–H groups in total. The van der Waals surface area contributed by atoms with Crippen molar-refractivity contribution in [2.45, 2.75) is 23.3 Å². The topological polar surface area (TPSA) is 110 Å². The molecule has 10 heteroatoms. The van der Waals surface area contributed by atoms with Gasteiger partial charge in [0.1, 0.15) is 16.6 Å². The molecule has 0 spiro atoms. The van der Waals surface area contributed by atoms with Crippen LogP contribution in [0.1, 0.15) is 17.0 Å². The second-order valence-corrected chi connectivity index (χ2v) is 9.99. The summed E-state index contributed by atoms with van der Waals surface area (Å²) in [6, 6.07) is 12.7. The molecule has 0 saturated carbocycles. The molecule has 0 aliphatic rings. The van der Waals surface area contributed by atoms with Crippen LogP contribution in [-0.2, 0) is 21.2 Å².